The van der Waals surface area contributed by atoms with Gasteiger partial charge < -0.3 is 10.4 Å². The monoisotopic (exact) mass is 235 g/mol. The molecule has 0 aliphatic carbocycles. The molecule has 0 aliphatic heterocycles. The van der Waals surface area contributed by atoms with E-state index in [1.165, 1.54) is 11.1 Å². The first kappa shape index (κ1) is 13.7. The zero-order valence-electron chi connectivity index (χ0n) is 10.6. The van der Waals surface area contributed by atoms with Crippen LogP contribution in [-0.4, -0.2) is 17.6 Å². The summed E-state index contributed by atoms with van der Waals surface area (Å²) in [4.78, 5) is 10.4. The summed E-state index contributed by atoms with van der Waals surface area (Å²) in [6.45, 7) is 4.96. The fraction of sp³-hybridized carbons (Fsp3) is 0.500. The van der Waals surface area contributed by atoms with Gasteiger partial charge in [-0.25, -0.2) is 0 Å². The van der Waals surface area contributed by atoms with E-state index in [0.29, 0.717) is 12.5 Å². The standard InChI is InChI=1S/C14H21NO2/c1-3-13(15-10-4-5-14(16)17)12-8-6-11(2)7-9-12/h6-9,13,15H,3-5,10H2,1-2H3,(H,16,17). The first-order valence-electron chi connectivity index (χ1n) is 6.15. The Morgan fingerprint density at radius 3 is 2.53 bits per heavy atom. The second kappa shape index (κ2) is 7.07. The zero-order chi connectivity index (χ0) is 12.7. The molecule has 0 spiro atoms. The molecule has 3 nitrogen and oxygen atoms in total. The molecule has 2 N–H and O–H groups in total. The molecular weight excluding hydrogens is 214 g/mol. The second-order valence-corrected chi connectivity index (χ2v) is 4.32. The van der Waals surface area contributed by atoms with Crippen LogP contribution < -0.4 is 5.32 Å². The molecule has 0 saturated heterocycles. The molecule has 1 atom stereocenters. The number of aryl methyl sites for hydroxylation is 1. The Balaban J connectivity index is 2.43. The molecule has 0 saturated carbocycles. The van der Waals surface area contributed by atoms with Crippen LogP contribution in [0.15, 0.2) is 24.3 Å². The maximum atomic E-state index is 10.4. The highest BCUT2D eigenvalue weighted by Crippen LogP contribution is 2.16. The van der Waals surface area contributed by atoms with Gasteiger partial charge in [-0.1, -0.05) is 36.8 Å². The summed E-state index contributed by atoms with van der Waals surface area (Å²) in [6.07, 6.45) is 1.92. The van der Waals surface area contributed by atoms with Crippen LogP contribution in [0.3, 0.4) is 0 Å². The molecule has 1 rings (SSSR count). The van der Waals surface area contributed by atoms with E-state index in [-0.39, 0.29) is 6.42 Å². The summed E-state index contributed by atoms with van der Waals surface area (Å²) >= 11 is 0. The number of nitrogens with one attached hydrogen (secondary N) is 1. The Bertz CT molecular complexity index is 346. The van der Waals surface area contributed by atoms with Gasteiger partial charge in [0.2, 0.25) is 0 Å². The van der Waals surface area contributed by atoms with Crippen LogP contribution in [0.25, 0.3) is 0 Å². The molecule has 3 heteroatoms. The van der Waals surface area contributed by atoms with Crippen LogP contribution in [0.5, 0.6) is 0 Å². The molecule has 0 radical (unpaired) electrons. The summed E-state index contributed by atoms with van der Waals surface area (Å²) in [5.74, 6) is -0.727. The fourth-order valence-corrected chi connectivity index (χ4v) is 1.81. The van der Waals surface area contributed by atoms with Crippen molar-refractivity contribution < 1.29 is 9.90 Å². The number of benzene rings is 1. The number of aliphatic carboxylic acids is 1. The lowest BCUT2D eigenvalue weighted by Gasteiger charge is -2.17. The van der Waals surface area contributed by atoms with Gasteiger partial charge in [-0.3, -0.25) is 4.79 Å². The number of carbonyl (C=O) groups is 1. The lowest BCUT2D eigenvalue weighted by Crippen LogP contribution is -2.22. The van der Waals surface area contributed by atoms with Gasteiger partial charge in [0.05, 0.1) is 0 Å². The van der Waals surface area contributed by atoms with E-state index < -0.39 is 5.97 Å². The van der Waals surface area contributed by atoms with Gasteiger partial charge in [-0.05, 0) is 31.9 Å². The smallest absolute Gasteiger partial charge is 0.303 e. The molecule has 0 aromatic heterocycles. The first-order chi connectivity index (χ1) is 8.13. The topological polar surface area (TPSA) is 49.3 Å². The van der Waals surface area contributed by atoms with Crippen molar-refractivity contribution in [1.82, 2.24) is 5.32 Å². The van der Waals surface area contributed by atoms with E-state index in [9.17, 15) is 4.79 Å². The SMILES string of the molecule is CCC(NCCCC(=O)O)c1ccc(C)cc1. The maximum absolute atomic E-state index is 10.4. The average molecular weight is 235 g/mol. The van der Waals surface area contributed by atoms with E-state index in [2.05, 4.69) is 43.4 Å². The summed E-state index contributed by atoms with van der Waals surface area (Å²) in [5, 5.41) is 12.0. The van der Waals surface area contributed by atoms with Crippen LogP contribution in [0.1, 0.15) is 43.4 Å². The minimum atomic E-state index is -0.727. The third-order valence-electron chi connectivity index (χ3n) is 2.85. The lowest BCUT2D eigenvalue weighted by molar-refractivity contribution is -0.137. The number of hydrogen-bond donors (Lipinski definition) is 2. The van der Waals surface area contributed by atoms with Gasteiger partial charge >= 0.3 is 5.97 Å². The highest BCUT2D eigenvalue weighted by atomic mass is 16.4. The average Bonchev–Trinajstić information content (AvgIpc) is 2.30. The largest absolute Gasteiger partial charge is 0.481 e. The molecule has 0 bridgehead atoms. The number of carboxylic acid groups (broad SMARTS) is 1. The van der Waals surface area contributed by atoms with E-state index in [1.54, 1.807) is 0 Å². The number of carboxylic acids is 1. The second-order valence-electron chi connectivity index (χ2n) is 4.32. The summed E-state index contributed by atoms with van der Waals surface area (Å²) in [5.41, 5.74) is 2.53. The normalized spacial score (nSPS) is 12.4. The van der Waals surface area contributed by atoms with Gasteiger partial charge in [0.25, 0.3) is 0 Å². The summed E-state index contributed by atoms with van der Waals surface area (Å²) < 4.78 is 0. The van der Waals surface area contributed by atoms with Crippen LogP contribution in [0, 0.1) is 6.92 Å². The van der Waals surface area contributed by atoms with Crippen LogP contribution in [0.2, 0.25) is 0 Å². The minimum absolute atomic E-state index is 0.233. The first-order valence-corrected chi connectivity index (χ1v) is 6.15. The Kier molecular flexibility index (Phi) is 5.70. The molecule has 0 amide bonds. The van der Waals surface area contributed by atoms with Crippen molar-refractivity contribution in [1.29, 1.82) is 0 Å². The van der Waals surface area contributed by atoms with Crippen LogP contribution in [-0.2, 0) is 4.79 Å². The van der Waals surface area contributed by atoms with Gasteiger partial charge in [-0.15, -0.1) is 0 Å². The Hall–Kier alpha value is -1.35. The van der Waals surface area contributed by atoms with Gasteiger partial charge in [0.1, 0.15) is 0 Å². The molecule has 1 aromatic rings. The molecule has 0 heterocycles. The maximum Gasteiger partial charge on any atom is 0.303 e. The van der Waals surface area contributed by atoms with E-state index >= 15 is 0 Å². The van der Waals surface area contributed by atoms with Crippen molar-refractivity contribution in [2.24, 2.45) is 0 Å². The third-order valence-corrected chi connectivity index (χ3v) is 2.85. The number of hydrogen-bond acceptors (Lipinski definition) is 2. The minimum Gasteiger partial charge on any atom is -0.481 e. The Morgan fingerprint density at radius 1 is 1.35 bits per heavy atom. The van der Waals surface area contributed by atoms with Crippen molar-refractivity contribution in [3.63, 3.8) is 0 Å². The Morgan fingerprint density at radius 2 is 2.00 bits per heavy atom. The molecule has 0 fully saturated rings. The highest BCUT2D eigenvalue weighted by Gasteiger charge is 2.07. The summed E-state index contributed by atoms with van der Waals surface area (Å²) in [6, 6.07) is 8.80. The van der Waals surface area contributed by atoms with Crippen molar-refractivity contribution in [2.45, 2.75) is 39.2 Å². The number of rotatable bonds is 7. The van der Waals surface area contributed by atoms with Crippen molar-refractivity contribution in [2.75, 3.05) is 6.54 Å². The zero-order valence-corrected chi connectivity index (χ0v) is 10.6. The van der Waals surface area contributed by atoms with Crippen LogP contribution in [0.4, 0.5) is 0 Å². The highest BCUT2D eigenvalue weighted by molar-refractivity contribution is 5.66. The molecular formula is C14H21NO2. The molecule has 1 aromatic carbocycles. The van der Waals surface area contributed by atoms with E-state index in [0.717, 1.165) is 13.0 Å². The molecule has 94 valence electrons. The molecule has 0 aliphatic rings. The van der Waals surface area contributed by atoms with Gasteiger partial charge in [-0.2, -0.15) is 0 Å². The Labute approximate surface area is 103 Å². The molecule has 17 heavy (non-hydrogen) atoms. The van der Waals surface area contributed by atoms with Crippen molar-refractivity contribution in [3.8, 4) is 0 Å². The van der Waals surface area contributed by atoms with E-state index in [4.69, 9.17) is 5.11 Å². The predicted octanol–water partition coefficient (Wildman–Crippen LogP) is 2.90. The van der Waals surface area contributed by atoms with Crippen molar-refractivity contribution >= 4 is 5.97 Å². The fourth-order valence-electron chi connectivity index (χ4n) is 1.81. The molecule has 1 unspecified atom stereocenters. The van der Waals surface area contributed by atoms with Crippen LogP contribution >= 0.6 is 0 Å². The predicted molar refractivity (Wildman–Crippen MR) is 69.1 cm³/mol. The van der Waals surface area contributed by atoms with Gasteiger partial charge in [0.15, 0.2) is 0 Å². The quantitative estimate of drug-likeness (QED) is 0.714. The van der Waals surface area contributed by atoms with Gasteiger partial charge in [0, 0.05) is 12.5 Å². The summed E-state index contributed by atoms with van der Waals surface area (Å²) in [7, 11) is 0. The van der Waals surface area contributed by atoms with E-state index in [1.807, 2.05) is 0 Å². The lowest BCUT2D eigenvalue weighted by atomic mass is 10.0. The third kappa shape index (κ3) is 5.00. The van der Waals surface area contributed by atoms with Crippen molar-refractivity contribution in [3.05, 3.63) is 35.4 Å².